The van der Waals surface area contributed by atoms with Crippen LogP contribution in [0.1, 0.15) is 35.7 Å². The second-order valence-electron chi connectivity index (χ2n) is 5.47. The first kappa shape index (κ1) is 17.5. The molecule has 24 heavy (non-hydrogen) atoms. The van der Waals surface area contributed by atoms with Crippen LogP contribution in [0.5, 0.6) is 11.5 Å². The van der Waals surface area contributed by atoms with Crippen LogP contribution in [0.15, 0.2) is 48.5 Å². The van der Waals surface area contributed by atoms with E-state index in [0.29, 0.717) is 23.0 Å². The van der Waals surface area contributed by atoms with Crippen LogP contribution in [0, 0.1) is 0 Å². The van der Waals surface area contributed by atoms with Gasteiger partial charge in [-0.15, -0.1) is 0 Å². The number of para-hydroxylation sites is 1. The number of methoxy groups -OCH3 is 1. The number of ether oxygens (including phenoxy) is 3. The maximum Gasteiger partial charge on any atom is 0.349 e. The summed E-state index contributed by atoms with van der Waals surface area (Å²) in [5.41, 5.74) is 1.42. The number of esters is 2. The van der Waals surface area contributed by atoms with Crippen molar-refractivity contribution >= 4 is 11.9 Å². The molecule has 2 aromatic rings. The van der Waals surface area contributed by atoms with Gasteiger partial charge in [0, 0.05) is 0 Å². The van der Waals surface area contributed by atoms with Crippen molar-refractivity contribution in [3.8, 4) is 11.5 Å². The molecule has 126 valence electrons. The van der Waals surface area contributed by atoms with E-state index in [4.69, 9.17) is 9.47 Å². The highest BCUT2D eigenvalue weighted by molar-refractivity contribution is 5.89. The van der Waals surface area contributed by atoms with Gasteiger partial charge in [-0.1, -0.05) is 32.0 Å². The fourth-order valence-electron chi connectivity index (χ4n) is 2.16. The van der Waals surface area contributed by atoms with Crippen LogP contribution in [0.3, 0.4) is 0 Å². The number of hydrogen-bond donors (Lipinski definition) is 0. The Balaban J connectivity index is 1.93. The molecule has 2 aromatic carbocycles. The van der Waals surface area contributed by atoms with E-state index in [0.717, 1.165) is 5.56 Å². The summed E-state index contributed by atoms with van der Waals surface area (Å²) >= 11 is 0. The minimum Gasteiger partial charge on any atom is -0.482 e. The van der Waals surface area contributed by atoms with Crippen molar-refractivity contribution in [3.63, 3.8) is 0 Å². The summed E-state index contributed by atoms with van der Waals surface area (Å²) in [6.45, 7) is 3.93. The zero-order valence-corrected chi connectivity index (χ0v) is 13.9. The van der Waals surface area contributed by atoms with Gasteiger partial charge in [0.25, 0.3) is 0 Å². The minimum atomic E-state index is -0.514. The number of carbonyl (C=O) groups is 2. The predicted molar refractivity (Wildman–Crippen MR) is 89.4 cm³/mol. The molecule has 0 fully saturated rings. The van der Waals surface area contributed by atoms with Gasteiger partial charge in [0.2, 0.25) is 0 Å². The van der Waals surface area contributed by atoms with Crippen LogP contribution < -0.4 is 9.47 Å². The van der Waals surface area contributed by atoms with Crippen LogP contribution >= 0.6 is 0 Å². The van der Waals surface area contributed by atoms with E-state index in [1.165, 1.54) is 31.4 Å². The second kappa shape index (κ2) is 8.15. The van der Waals surface area contributed by atoms with Crippen LogP contribution in [0.4, 0.5) is 0 Å². The first-order valence-corrected chi connectivity index (χ1v) is 7.62. The SMILES string of the molecule is COC(=O)c1ccc(OC(=O)COc2ccccc2C(C)C)cc1. The molecule has 0 amide bonds. The lowest BCUT2D eigenvalue weighted by Crippen LogP contribution is -2.18. The number of rotatable bonds is 6. The Kier molecular flexibility index (Phi) is 5.95. The van der Waals surface area contributed by atoms with Crippen LogP contribution in [-0.2, 0) is 9.53 Å². The monoisotopic (exact) mass is 328 g/mol. The molecule has 0 heterocycles. The van der Waals surface area contributed by atoms with E-state index in [2.05, 4.69) is 18.6 Å². The number of hydrogen-bond acceptors (Lipinski definition) is 5. The Labute approximate surface area is 141 Å². The highest BCUT2D eigenvalue weighted by Crippen LogP contribution is 2.25. The van der Waals surface area contributed by atoms with E-state index in [1.807, 2.05) is 24.3 Å². The van der Waals surface area contributed by atoms with Gasteiger partial charge in [-0.25, -0.2) is 9.59 Å². The molecule has 0 atom stereocenters. The maximum atomic E-state index is 11.9. The fraction of sp³-hybridized carbons (Fsp3) is 0.263. The fourth-order valence-corrected chi connectivity index (χ4v) is 2.16. The summed E-state index contributed by atoms with van der Waals surface area (Å²) in [5, 5.41) is 0. The largest absolute Gasteiger partial charge is 0.482 e. The molecular formula is C19H20O5. The van der Waals surface area contributed by atoms with Crippen LogP contribution in [0.2, 0.25) is 0 Å². The van der Waals surface area contributed by atoms with E-state index in [1.54, 1.807) is 0 Å². The van der Waals surface area contributed by atoms with Gasteiger partial charge in [-0.2, -0.15) is 0 Å². The zero-order chi connectivity index (χ0) is 17.5. The summed E-state index contributed by atoms with van der Waals surface area (Å²) in [7, 11) is 1.31. The van der Waals surface area contributed by atoms with Crippen molar-refractivity contribution < 1.29 is 23.8 Å². The minimum absolute atomic E-state index is 0.192. The van der Waals surface area contributed by atoms with Gasteiger partial charge in [0.15, 0.2) is 6.61 Å². The smallest absolute Gasteiger partial charge is 0.349 e. The molecule has 0 N–H and O–H groups in total. The van der Waals surface area contributed by atoms with Crippen molar-refractivity contribution in [1.82, 2.24) is 0 Å². The third-order valence-corrected chi connectivity index (χ3v) is 3.39. The Bertz CT molecular complexity index is 704. The summed E-state index contributed by atoms with van der Waals surface area (Å²) in [6.07, 6.45) is 0. The first-order valence-electron chi connectivity index (χ1n) is 7.62. The third-order valence-electron chi connectivity index (χ3n) is 3.39. The van der Waals surface area contributed by atoms with E-state index in [9.17, 15) is 9.59 Å². The van der Waals surface area contributed by atoms with Gasteiger partial charge in [-0.05, 0) is 41.8 Å². The van der Waals surface area contributed by atoms with Crippen LogP contribution in [0.25, 0.3) is 0 Å². The zero-order valence-electron chi connectivity index (χ0n) is 13.9. The molecule has 0 radical (unpaired) electrons. The summed E-state index contributed by atoms with van der Waals surface area (Å²) < 4.78 is 15.4. The molecule has 0 aliphatic carbocycles. The molecule has 5 heteroatoms. The average Bonchev–Trinajstić information content (AvgIpc) is 2.60. The first-order chi connectivity index (χ1) is 11.5. The van der Waals surface area contributed by atoms with E-state index < -0.39 is 11.9 Å². The van der Waals surface area contributed by atoms with Gasteiger partial charge in [0.05, 0.1) is 12.7 Å². The Morgan fingerprint density at radius 3 is 2.29 bits per heavy atom. The lowest BCUT2D eigenvalue weighted by molar-refractivity contribution is -0.136. The van der Waals surface area contributed by atoms with Crippen molar-refractivity contribution in [2.75, 3.05) is 13.7 Å². The lowest BCUT2D eigenvalue weighted by Gasteiger charge is -2.13. The number of carbonyl (C=O) groups excluding carboxylic acids is 2. The molecule has 0 saturated carbocycles. The molecule has 0 unspecified atom stereocenters. The standard InChI is InChI=1S/C19H20O5/c1-13(2)16-6-4-5-7-17(16)23-12-18(20)24-15-10-8-14(9-11-15)19(21)22-3/h4-11,13H,12H2,1-3H3. The van der Waals surface area contributed by atoms with Gasteiger partial charge < -0.3 is 14.2 Å². The second-order valence-corrected chi connectivity index (χ2v) is 5.47. The van der Waals surface area contributed by atoms with E-state index >= 15 is 0 Å². The van der Waals surface area contributed by atoms with Crippen molar-refractivity contribution in [1.29, 1.82) is 0 Å². The average molecular weight is 328 g/mol. The molecular weight excluding hydrogens is 308 g/mol. The van der Waals surface area contributed by atoms with Gasteiger partial charge >= 0.3 is 11.9 Å². The van der Waals surface area contributed by atoms with E-state index in [-0.39, 0.29) is 6.61 Å². The molecule has 0 aliphatic heterocycles. The molecule has 5 nitrogen and oxygen atoms in total. The lowest BCUT2D eigenvalue weighted by atomic mass is 10.0. The third kappa shape index (κ3) is 4.59. The molecule has 2 rings (SSSR count). The Morgan fingerprint density at radius 1 is 1.00 bits per heavy atom. The molecule has 0 saturated heterocycles. The molecule has 0 aliphatic rings. The summed E-state index contributed by atoms with van der Waals surface area (Å²) in [4.78, 5) is 23.2. The van der Waals surface area contributed by atoms with Crippen molar-refractivity contribution in [2.24, 2.45) is 0 Å². The maximum absolute atomic E-state index is 11.9. The Hall–Kier alpha value is -2.82. The highest BCUT2D eigenvalue weighted by atomic mass is 16.6. The normalized spacial score (nSPS) is 10.3. The predicted octanol–water partition coefficient (Wildman–Crippen LogP) is 3.58. The van der Waals surface area contributed by atoms with Crippen LogP contribution in [-0.4, -0.2) is 25.7 Å². The Morgan fingerprint density at radius 2 is 1.67 bits per heavy atom. The van der Waals surface area contributed by atoms with Gasteiger partial charge in [-0.3, -0.25) is 0 Å². The molecule has 0 spiro atoms. The van der Waals surface area contributed by atoms with Crippen molar-refractivity contribution in [3.05, 3.63) is 59.7 Å². The molecule has 0 bridgehead atoms. The number of benzene rings is 2. The summed E-state index contributed by atoms with van der Waals surface area (Å²) in [6, 6.07) is 13.7. The van der Waals surface area contributed by atoms with Gasteiger partial charge in [0.1, 0.15) is 11.5 Å². The molecule has 0 aromatic heterocycles. The highest BCUT2D eigenvalue weighted by Gasteiger charge is 2.11. The topological polar surface area (TPSA) is 61.8 Å². The quantitative estimate of drug-likeness (QED) is 0.599. The summed E-state index contributed by atoms with van der Waals surface area (Å²) in [5.74, 6) is 0.350. The van der Waals surface area contributed by atoms with Crippen molar-refractivity contribution in [2.45, 2.75) is 19.8 Å².